The molecule has 6 nitrogen and oxygen atoms in total. The fourth-order valence-electron chi connectivity index (χ4n) is 3.03. The van der Waals surface area contributed by atoms with Gasteiger partial charge in [-0.15, -0.1) is 0 Å². The number of carbonyl (C=O) groups excluding carboxylic acids is 2. The van der Waals surface area contributed by atoms with Crippen LogP contribution in [0.25, 0.3) is 10.9 Å². The zero-order valence-corrected chi connectivity index (χ0v) is 16.1. The summed E-state index contributed by atoms with van der Waals surface area (Å²) in [5.41, 5.74) is 3.05. The first kappa shape index (κ1) is 19.5. The van der Waals surface area contributed by atoms with Crippen molar-refractivity contribution in [1.82, 2.24) is 9.88 Å². The maximum Gasteiger partial charge on any atom is 0.306 e. The summed E-state index contributed by atoms with van der Waals surface area (Å²) in [4.78, 5) is 29.0. The van der Waals surface area contributed by atoms with E-state index < -0.39 is 0 Å². The Morgan fingerprint density at radius 2 is 1.93 bits per heavy atom. The summed E-state index contributed by atoms with van der Waals surface area (Å²) in [6.07, 6.45) is 2.70. The summed E-state index contributed by atoms with van der Waals surface area (Å²) in [5.74, 6) is 0.110. The molecule has 0 radical (unpaired) electrons. The molecule has 2 aromatic carbocycles. The number of amides is 1. The van der Waals surface area contributed by atoms with Crippen molar-refractivity contribution in [3.63, 3.8) is 0 Å². The van der Waals surface area contributed by atoms with E-state index in [1.165, 1.54) is 4.90 Å². The molecule has 1 heterocycles. The van der Waals surface area contributed by atoms with Gasteiger partial charge in [0.25, 0.3) is 5.91 Å². The van der Waals surface area contributed by atoms with Gasteiger partial charge in [0.15, 0.2) is 6.61 Å². The number of carbonyl (C=O) groups is 2. The van der Waals surface area contributed by atoms with Gasteiger partial charge in [0.2, 0.25) is 0 Å². The topological polar surface area (TPSA) is 71.6 Å². The Hall–Kier alpha value is -3.28. The van der Waals surface area contributed by atoms with Crippen LogP contribution >= 0.6 is 0 Å². The van der Waals surface area contributed by atoms with Crippen molar-refractivity contribution in [1.29, 1.82) is 0 Å². The Labute approximate surface area is 164 Å². The second-order valence-corrected chi connectivity index (χ2v) is 6.62. The fraction of sp³-hybridized carbons (Fsp3) is 0.273. The molecule has 3 aromatic rings. The van der Waals surface area contributed by atoms with E-state index in [-0.39, 0.29) is 24.9 Å². The highest BCUT2D eigenvalue weighted by Gasteiger charge is 2.13. The van der Waals surface area contributed by atoms with Gasteiger partial charge >= 0.3 is 5.97 Å². The number of ether oxygens (including phenoxy) is 2. The molecular formula is C22H24N2O4. The number of H-pyrrole nitrogens is 1. The van der Waals surface area contributed by atoms with Gasteiger partial charge in [-0.2, -0.15) is 0 Å². The van der Waals surface area contributed by atoms with Gasteiger partial charge in [-0.05, 0) is 35.7 Å². The predicted molar refractivity (Wildman–Crippen MR) is 107 cm³/mol. The van der Waals surface area contributed by atoms with E-state index in [9.17, 15) is 9.59 Å². The van der Waals surface area contributed by atoms with Crippen LogP contribution in [-0.2, 0) is 27.3 Å². The normalized spacial score (nSPS) is 10.6. The largest absolute Gasteiger partial charge is 0.497 e. The lowest BCUT2D eigenvalue weighted by molar-refractivity contribution is -0.151. The van der Waals surface area contributed by atoms with Crippen LogP contribution < -0.4 is 4.74 Å². The third-order valence-corrected chi connectivity index (χ3v) is 4.61. The van der Waals surface area contributed by atoms with E-state index in [0.717, 1.165) is 27.8 Å². The van der Waals surface area contributed by atoms with E-state index in [1.807, 2.05) is 54.7 Å². The van der Waals surface area contributed by atoms with E-state index in [2.05, 4.69) is 4.98 Å². The van der Waals surface area contributed by atoms with E-state index in [0.29, 0.717) is 13.0 Å². The lowest BCUT2D eigenvalue weighted by Crippen LogP contribution is -2.30. The van der Waals surface area contributed by atoms with Gasteiger partial charge in [-0.1, -0.05) is 30.3 Å². The van der Waals surface area contributed by atoms with E-state index >= 15 is 0 Å². The molecule has 1 aromatic heterocycles. The highest BCUT2D eigenvalue weighted by atomic mass is 16.5. The fourth-order valence-corrected chi connectivity index (χ4v) is 3.03. The number of hydrogen-bond donors (Lipinski definition) is 1. The molecular weight excluding hydrogens is 356 g/mol. The Kier molecular flexibility index (Phi) is 6.32. The molecule has 0 fully saturated rings. The smallest absolute Gasteiger partial charge is 0.306 e. The van der Waals surface area contributed by atoms with Gasteiger partial charge in [0.05, 0.1) is 7.11 Å². The predicted octanol–water partition coefficient (Wildman–Crippen LogP) is 3.31. The van der Waals surface area contributed by atoms with Crippen LogP contribution in [-0.4, -0.2) is 42.5 Å². The molecule has 6 heteroatoms. The van der Waals surface area contributed by atoms with Crippen LogP contribution in [0.3, 0.4) is 0 Å². The van der Waals surface area contributed by atoms with Crippen LogP contribution in [0.4, 0.5) is 0 Å². The minimum atomic E-state index is -0.381. The van der Waals surface area contributed by atoms with Crippen molar-refractivity contribution in [2.75, 3.05) is 20.8 Å². The number of nitrogens with zero attached hydrogens (tertiary/aromatic N) is 1. The lowest BCUT2D eigenvalue weighted by Gasteiger charge is -2.17. The summed E-state index contributed by atoms with van der Waals surface area (Å²) in [6.45, 7) is 0.163. The first-order valence-electron chi connectivity index (χ1n) is 9.14. The Bertz CT molecular complexity index is 964. The number of para-hydroxylation sites is 1. The number of rotatable bonds is 8. The number of hydrogen-bond acceptors (Lipinski definition) is 4. The maximum atomic E-state index is 12.2. The molecule has 0 saturated carbocycles. The molecule has 0 aliphatic rings. The second-order valence-electron chi connectivity index (χ2n) is 6.62. The Balaban J connectivity index is 1.45. The molecule has 0 spiro atoms. The van der Waals surface area contributed by atoms with Crippen molar-refractivity contribution in [3.05, 3.63) is 65.9 Å². The monoisotopic (exact) mass is 380 g/mol. The molecule has 0 aliphatic carbocycles. The molecule has 0 saturated heterocycles. The van der Waals surface area contributed by atoms with Gasteiger partial charge in [0.1, 0.15) is 5.75 Å². The molecule has 0 unspecified atom stereocenters. The van der Waals surface area contributed by atoms with Gasteiger partial charge in [-0.3, -0.25) is 9.59 Å². The number of aromatic amines is 1. The Morgan fingerprint density at radius 3 is 2.75 bits per heavy atom. The average Bonchev–Trinajstić information content (AvgIpc) is 3.13. The molecule has 3 rings (SSSR count). The average molecular weight is 380 g/mol. The number of likely N-dealkylation sites (N-methyl/N-ethyl adjacent to an activating group) is 1. The summed E-state index contributed by atoms with van der Waals surface area (Å²) in [7, 11) is 3.28. The van der Waals surface area contributed by atoms with Crippen molar-refractivity contribution >= 4 is 22.8 Å². The number of esters is 1. The zero-order valence-electron chi connectivity index (χ0n) is 16.1. The standard InChI is InChI=1S/C22H24N2O4/c1-24(14-16-6-5-7-18(12-16)27-2)21(25)15-28-22(26)11-10-17-13-23-20-9-4-3-8-19(17)20/h3-9,12-13,23H,10-11,14-15H2,1-2H3. The van der Waals surface area contributed by atoms with Crippen molar-refractivity contribution < 1.29 is 19.1 Å². The summed E-state index contributed by atoms with van der Waals surface area (Å²) < 4.78 is 10.3. The third-order valence-electron chi connectivity index (χ3n) is 4.61. The van der Waals surface area contributed by atoms with Gasteiger partial charge in [0, 0.05) is 37.1 Å². The summed E-state index contributed by atoms with van der Waals surface area (Å²) >= 11 is 0. The van der Waals surface area contributed by atoms with Gasteiger partial charge in [-0.25, -0.2) is 0 Å². The molecule has 0 bridgehead atoms. The summed E-state index contributed by atoms with van der Waals surface area (Å²) in [6, 6.07) is 15.4. The van der Waals surface area contributed by atoms with Gasteiger partial charge < -0.3 is 19.4 Å². The van der Waals surface area contributed by atoms with Crippen LogP contribution in [0.1, 0.15) is 17.5 Å². The molecule has 0 aliphatic heterocycles. The van der Waals surface area contributed by atoms with Crippen LogP contribution in [0.15, 0.2) is 54.7 Å². The Morgan fingerprint density at radius 1 is 1.11 bits per heavy atom. The minimum absolute atomic E-state index is 0.231. The van der Waals surface area contributed by atoms with E-state index in [1.54, 1.807) is 14.2 Å². The molecule has 0 atom stereocenters. The number of aryl methyl sites for hydroxylation is 1. The highest BCUT2D eigenvalue weighted by Crippen LogP contribution is 2.19. The molecule has 1 N–H and O–H groups in total. The summed E-state index contributed by atoms with van der Waals surface area (Å²) in [5, 5.41) is 1.10. The number of methoxy groups -OCH3 is 1. The van der Waals surface area contributed by atoms with Crippen molar-refractivity contribution in [3.8, 4) is 5.75 Å². The minimum Gasteiger partial charge on any atom is -0.497 e. The third kappa shape index (κ3) is 4.91. The maximum absolute atomic E-state index is 12.2. The molecule has 146 valence electrons. The van der Waals surface area contributed by atoms with Crippen LogP contribution in [0.2, 0.25) is 0 Å². The number of aromatic nitrogens is 1. The number of benzene rings is 2. The van der Waals surface area contributed by atoms with Crippen molar-refractivity contribution in [2.45, 2.75) is 19.4 Å². The number of fused-ring (bicyclic) bond motifs is 1. The lowest BCUT2D eigenvalue weighted by atomic mass is 10.1. The number of nitrogens with one attached hydrogen (secondary N) is 1. The first-order valence-corrected chi connectivity index (χ1v) is 9.14. The van der Waals surface area contributed by atoms with Crippen molar-refractivity contribution in [2.24, 2.45) is 0 Å². The van der Waals surface area contributed by atoms with Crippen LogP contribution in [0, 0.1) is 0 Å². The highest BCUT2D eigenvalue weighted by molar-refractivity contribution is 5.84. The molecule has 28 heavy (non-hydrogen) atoms. The SMILES string of the molecule is COc1cccc(CN(C)C(=O)COC(=O)CCc2c[nH]c3ccccc23)c1. The second kappa shape index (κ2) is 9.08. The first-order chi connectivity index (χ1) is 13.6. The van der Waals surface area contributed by atoms with Crippen LogP contribution in [0.5, 0.6) is 5.75 Å². The quantitative estimate of drug-likeness (QED) is 0.609. The van der Waals surface area contributed by atoms with E-state index in [4.69, 9.17) is 9.47 Å². The zero-order chi connectivity index (χ0) is 19.9. The molecule has 1 amide bonds.